The fourth-order valence-corrected chi connectivity index (χ4v) is 4.98. The Labute approximate surface area is 209 Å². The second-order valence-electron chi connectivity index (χ2n) is 9.05. The molecule has 0 unspecified atom stereocenters. The molecule has 36 heavy (non-hydrogen) atoms. The minimum Gasteiger partial charge on any atom is -0.348 e. The minimum absolute atomic E-state index is 0.0586. The normalized spacial score (nSPS) is 14.9. The Morgan fingerprint density at radius 3 is 2.64 bits per heavy atom. The SMILES string of the molecule is CCCN(CC(=O)N1CCn2cccc2[C@@H]1c1cccc(F)c1)C(=O)Nc1cccc2ccccc12. The maximum Gasteiger partial charge on any atom is 0.322 e. The lowest BCUT2D eigenvalue weighted by atomic mass is 9.99. The zero-order valence-corrected chi connectivity index (χ0v) is 20.2. The molecule has 0 saturated carbocycles. The van der Waals surface area contributed by atoms with Crippen molar-refractivity contribution in [2.24, 2.45) is 0 Å². The highest BCUT2D eigenvalue weighted by molar-refractivity contribution is 6.02. The van der Waals surface area contributed by atoms with Crippen LogP contribution in [0.25, 0.3) is 10.8 Å². The summed E-state index contributed by atoms with van der Waals surface area (Å²) in [6, 6.07) is 23.2. The summed E-state index contributed by atoms with van der Waals surface area (Å²) >= 11 is 0. The van der Waals surface area contributed by atoms with Crippen molar-refractivity contribution in [3.63, 3.8) is 0 Å². The van der Waals surface area contributed by atoms with Gasteiger partial charge in [-0.2, -0.15) is 0 Å². The molecular weight excluding hydrogens is 455 g/mol. The van der Waals surface area contributed by atoms with Gasteiger partial charge in [-0.05, 0) is 47.7 Å². The van der Waals surface area contributed by atoms with Gasteiger partial charge in [0.05, 0.1) is 11.7 Å². The number of halogens is 1. The number of hydrogen-bond acceptors (Lipinski definition) is 2. The lowest BCUT2D eigenvalue weighted by Crippen LogP contribution is -2.48. The fourth-order valence-electron chi connectivity index (χ4n) is 4.98. The van der Waals surface area contributed by atoms with Crippen LogP contribution in [0.3, 0.4) is 0 Å². The van der Waals surface area contributed by atoms with E-state index in [0.717, 1.165) is 16.5 Å². The van der Waals surface area contributed by atoms with Gasteiger partial charge in [0.15, 0.2) is 0 Å². The lowest BCUT2D eigenvalue weighted by molar-refractivity contribution is -0.134. The topological polar surface area (TPSA) is 57.6 Å². The van der Waals surface area contributed by atoms with Crippen molar-refractivity contribution < 1.29 is 14.0 Å². The molecule has 1 atom stereocenters. The van der Waals surface area contributed by atoms with Crippen LogP contribution in [0.1, 0.15) is 30.6 Å². The Kier molecular flexibility index (Phi) is 6.71. The first-order valence-electron chi connectivity index (χ1n) is 12.3. The number of amides is 3. The summed E-state index contributed by atoms with van der Waals surface area (Å²) in [5.41, 5.74) is 2.35. The van der Waals surface area contributed by atoms with Gasteiger partial charge in [-0.25, -0.2) is 9.18 Å². The Morgan fingerprint density at radius 1 is 1.00 bits per heavy atom. The Morgan fingerprint density at radius 2 is 1.81 bits per heavy atom. The number of carbonyl (C=O) groups is 2. The standard InChI is InChI=1S/C29H29FN4O2/c1-2-15-33(29(36)31-25-13-6-9-21-8-3-4-12-24(21)25)20-27(35)34-18-17-32-16-7-14-26(32)28(34)22-10-5-11-23(30)19-22/h3-14,16,19,28H,2,15,17-18,20H2,1H3,(H,31,36)/t28-/m0/s1. The fraction of sp³-hybridized carbons (Fsp3) is 0.241. The third-order valence-corrected chi connectivity index (χ3v) is 6.66. The van der Waals surface area contributed by atoms with Gasteiger partial charge >= 0.3 is 6.03 Å². The highest BCUT2D eigenvalue weighted by atomic mass is 19.1. The predicted molar refractivity (Wildman–Crippen MR) is 139 cm³/mol. The summed E-state index contributed by atoms with van der Waals surface area (Å²) in [5.74, 6) is -0.510. The monoisotopic (exact) mass is 484 g/mol. The zero-order valence-electron chi connectivity index (χ0n) is 20.2. The average Bonchev–Trinajstić information content (AvgIpc) is 3.37. The summed E-state index contributed by atoms with van der Waals surface area (Å²) in [5, 5.41) is 4.98. The van der Waals surface area contributed by atoms with Gasteiger partial charge in [-0.1, -0.05) is 55.5 Å². The molecule has 5 rings (SSSR count). The molecule has 6 nitrogen and oxygen atoms in total. The molecule has 2 heterocycles. The third kappa shape index (κ3) is 4.69. The number of hydrogen-bond donors (Lipinski definition) is 1. The lowest BCUT2D eigenvalue weighted by Gasteiger charge is -2.38. The molecule has 0 saturated heterocycles. The molecule has 1 aliphatic heterocycles. The van der Waals surface area contributed by atoms with E-state index in [1.54, 1.807) is 15.9 Å². The molecular formula is C29H29FN4O2. The number of anilines is 1. The first kappa shape index (κ1) is 23.6. The zero-order chi connectivity index (χ0) is 25.1. The highest BCUT2D eigenvalue weighted by Crippen LogP contribution is 2.33. The largest absolute Gasteiger partial charge is 0.348 e. The maximum absolute atomic E-state index is 14.1. The van der Waals surface area contributed by atoms with Crippen LogP contribution in [0, 0.1) is 5.82 Å². The van der Waals surface area contributed by atoms with E-state index in [9.17, 15) is 14.0 Å². The molecule has 184 valence electrons. The average molecular weight is 485 g/mol. The van der Waals surface area contributed by atoms with Crippen LogP contribution in [0.4, 0.5) is 14.9 Å². The van der Waals surface area contributed by atoms with Crippen LogP contribution in [0.15, 0.2) is 85.1 Å². The summed E-state index contributed by atoms with van der Waals surface area (Å²) < 4.78 is 16.2. The summed E-state index contributed by atoms with van der Waals surface area (Å²) in [6.45, 7) is 3.49. The number of nitrogens with one attached hydrogen (secondary N) is 1. The van der Waals surface area contributed by atoms with Gasteiger partial charge < -0.3 is 19.7 Å². The molecule has 7 heteroatoms. The predicted octanol–water partition coefficient (Wildman–Crippen LogP) is 5.66. The van der Waals surface area contributed by atoms with Crippen LogP contribution in [-0.4, -0.2) is 45.9 Å². The van der Waals surface area contributed by atoms with Gasteiger partial charge in [0, 0.05) is 36.9 Å². The summed E-state index contributed by atoms with van der Waals surface area (Å²) in [7, 11) is 0. The van der Waals surface area contributed by atoms with Crippen LogP contribution < -0.4 is 5.32 Å². The van der Waals surface area contributed by atoms with E-state index in [2.05, 4.69) is 9.88 Å². The molecule has 3 amide bonds. The molecule has 1 N–H and O–H groups in total. The quantitative estimate of drug-likeness (QED) is 0.384. The molecule has 1 aromatic heterocycles. The van der Waals surface area contributed by atoms with Gasteiger partial charge in [-0.15, -0.1) is 0 Å². The first-order valence-corrected chi connectivity index (χ1v) is 12.3. The van der Waals surface area contributed by atoms with Crippen molar-refractivity contribution in [3.05, 3.63) is 102 Å². The van der Waals surface area contributed by atoms with E-state index in [-0.39, 0.29) is 24.3 Å². The second-order valence-corrected chi connectivity index (χ2v) is 9.05. The number of urea groups is 1. The van der Waals surface area contributed by atoms with Gasteiger partial charge in [0.2, 0.25) is 5.91 Å². The Balaban J connectivity index is 1.39. The molecule has 0 aliphatic carbocycles. The number of fused-ring (bicyclic) bond motifs is 2. The van der Waals surface area contributed by atoms with Crippen molar-refractivity contribution >= 4 is 28.4 Å². The molecule has 4 aromatic rings. The van der Waals surface area contributed by atoms with Crippen molar-refractivity contribution in [2.75, 3.05) is 25.0 Å². The van der Waals surface area contributed by atoms with E-state index < -0.39 is 6.04 Å². The number of nitrogens with zero attached hydrogens (tertiary/aromatic N) is 3. The smallest absolute Gasteiger partial charge is 0.322 e. The maximum atomic E-state index is 14.1. The van der Waals surface area contributed by atoms with Crippen LogP contribution in [0.5, 0.6) is 0 Å². The molecule has 0 spiro atoms. The third-order valence-electron chi connectivity index (χ3n) is 6.66. The Hall–Kier alpha value is -4.13. The van der Waals surface area contributed by atoms with Gasteiger partial charge in [0.1, 0.15) is 12.4 Å². The molecule has 0 radical (unpaired) electrons. The molecule has 3 aromatic carbocycles. The van der Waals surface area contributed by atoms with Crippen molar-refractivity contribution in [1.82, 2.24) is 14.4 Å². The Bertz CT molecular complexity index is 1390. The van der Waals surface area contributed by atoms with Crippen LogP contribution in [0.2, 0.25) is 0 Å². The van der Waals surface area contributed by atoms with Crippen molar-refractivity contribution in [3.8, 4) is 0 Å². The molecule has 0 fully saturated rings. The van der Waals surface area contributed by atoms with E-state index in [0.29, 0.717) is 37.3 Å². The summed E-state index contributed by atoms with van der Waals surface area (Å²) in [4.78, 5) is 30.3. The van der Waals surface area contributed by atoms with Crippen LogP contribution >= 0.6 is 0 Å². The van der Waals surface area contributed by atoms with Gasteiger partial charge in [0.25, 0.3) is 0 Å². The van der Waals surface area contributed by atoms with E-state index >= 15 is 0 Å². The number of aromatic nitrogens is 1. The molecule has 1 aliphatic rings. The van der Waals surface area contributed by atoms with Crippen molar-refractivity contribution in [1.29, 1.82) is 0 Å². The highest BCUT2D eigenvalue weighted by Gasteiger charge is 2.33. The van der Waals surface area contributed by atoms with E-state index in [1.165, 1.54) is 12.1 Å². The summed E-state index contributed by atoms with van der Waals surface area (Å²) in [6.07, 6.45) is 2.69. The minimum atomic E-state index is -0.415. The van der Waals surface area contributed by atoms with E-state index in [4.69, 9.17) is 0 Å². The van der Waals surface area contributed by atoms with Crippen LogP contribution in [-0.2, 0) is 11.3 Å². The first-order chi connectivity index (χ1) is 17.5. The number of rotatable bonds is 6. The number of benzene rings is 3. The second kappa shape index (κ2) is 10.2. The van der Waals surface area contributed by atoms with Gasteiger partial charge in [-0.3, -0.25) is 4.79 Å². The number of carbonyl (C=O) groups excluding carboxylic acids is 2. The van der Waals surface area contributed by atoms with Crippen molar-refractivity contribution in [2.45, 2.75) is 25.9 Å². The molecule has 0 bridgehead atoms. The van der Waals surface area contributed by atoms with E-state index in [1.807, 2.05) is 73.8 Å².